The summed E-state index contributed by atoms with van der Waals surface area (Å²) < 4.78 is 10.6. The first-order valence-electron chi connectivity index (χ1n) is 6.65. The SMILES string of the molecule is CCCNCCC(C)c1ccc(OC)c(OC)c1. The van der Waals surface area contributed by atoms with Gasteiger partial charge in [0.15, 0.2) is 11.5 Å². The van der Waals surface area contributed by atoms with E-state index in [1.54, 1.807) is 14.2 Å². The molecule has 0 aliphatic heterocycles. The Morgan fingerprint density at radius 1 is 1.11 bits per heavy atom. The molecule has 0 heterocycles. The molecule has 1 aromatic rings. The highest BCUT2D eigenvalue weighted by molar-refractivity contribution is 5.43. The van der Waals surface area contributed by atoms with Gasteiger partial charge in [0.25, 0.3) is 0 Å². The topological polar surface area (TPSA) is 30.5 Å². The third-order valence-electron chi connectivity index (χ3n) is 3.16. The van der Waals surface area contributed by atoms with Crippen LogP contribution in [0.4, 0.5) is 0 Å². The molecule has 1 atom stereocenters. The van der Waals surface area contributed by atoms with Gasteiger partial charge in [0.05, 0.1) is 14.2 Å². The molecule has 0 saturated carbocycles. The van der Waals surface area contributed by atoms with E-state index >= 15 is 0 Å². The smallest absolute Gasteiger partial charge is 0.160 e. The van der Waals surface area contributed by atoms with Gasteiger partial charge in [-0.25, -0.2) is 0 Å². The molecule has 0 fully saturated rings. The molecule has 0 aliphatic rings. The van der Waals surface area contributed by atoms with Crippen LogP contribution in [-0.4, -0.2) is 27.3 Å². The molecule has 18 heavy (non-hydrogen) atoms. The molecule has 0 saturated heterocycles. The zero-order valence-corrected chi connectivity index (χ0v) is 12.0. The Balaban J connectivity index is 2.59. The summed E-state index contributed by atoms with van der Waals surface area (Å²) in [6, 6.07) is 6.17. The fourth-order valence-corrected chi connectivity index (χ4v) is 1.95. The Hall–Kier alpha value is -1.22. The van der Waals surface area contributed by atoms with Crippen molar-refractivity contribution in [3.05, 3.63) is 23.8 Å². The standard InChI is InChI=1S/C15H25NO2/c1-5-9-16-10-8-12(2)13-6-7-14(17-3)15(11-13)18-4/h6-7,11-12,16H,5,8-10H2,1-4H3. The van der Waals surface area contributed by atoms with E-state index in [2.05, 4.69) is 31.3 Å². The minimum atomic E-state index is 0.522. The fraction of sp³-hybridized carbons (Fsp3) is 0.600. The van der Waals surface area contributed by atoms with Gasteiger partial charge in [0.1, 0.15) is 0 Å². The van der Waals surface area contributed by atoms with Crippen LogP contribution in [0.25, 0.3) is 0 Å². The maximum atomic E-state index is 5.33. The molecule has 1 unspecified atom stereocenters. The highest BCUT2D eigenvalue weighted by atomic mass is 16.5. The lowest BCUT2D eigenvalue weighted by Gasteiger charge is -2.15. The molecule has 0 aromatic heterocycles. The summed E-state index contributed by atoms with van der Waals surface area (Å²) in [4.78, 5) is 0. The highest BCUT2D eigenvalue weighted by Gasteiger charge is 2.09. The summed E-state index contributed by atoms with van der Waals surface area (Å²) in [6.45, 7) is 6.58. The number of nitrogens with one attached hydrogen (secondary N) is 1. The van der Waals surface area contributed by atoms with Crippen molar-refractivity contribution in [3.63, 3.8) is 0 Å². The van der Waals surface area contributed by atoms with E-state index in [1.807, 2.05) is 6.07 Å². The molecule has 0 aliphatic carbocycles. The number of hydrogen-bond acceptors (Lipinski definition) is 3. The molecular formula is C15H25NO2. The predicted molar refractivity (Wildman–Crippen MR) is 75.7 cm³/mol. The van der Waals surface area contributed by atoms with Crippen molar-refractivity contribution in [1.29, 1.82) is 0 Å². The second-order valence-electron chi connectivity index (χ2n) is 4.55. The minimum Gasteiger partial charge on any atom is -0.493 e. The Labute approximate surface area is 110 Å². The van der Waals surface area contributed by atoms with Crippen LogP contribution in [0.3, 0.4) is 0 Å². The maximum Gasteiger partial charge on any atom is 0.160 e. The molecule has 1 rings (SSSR count). The van der Waals surface area contributed by atoms with Gasteiger partial charge in [0, 0.05) is 0 Å². The molecule has 1 N–H and O–H groups in total. The van der Waals surface area contributed by atoms with Crippen molar-refractivity contribution in [2.24, 2.45) is 0 Å². The normalized spacial score (nSPS) is 12.2. The lowest BCUT2D eigenvalue weighted by molar-refractivity contribution is 0.354. The van der Waals surface area contributed by atoms with Gasteiger partial charge in [-0.05, 0) is 49.5 Å². The summed E-state index contributed by atoms with van der Waals surface area (Å²) in [5.41, 5.74) is 1.30. The van der Waals surface area contributed by atoms with E-state index in [4.69, 9.17) is 9.47 Å². The summed E-state index contributed by atoms with van der Waals surface area (Å²) >= 11 is 0. The monoisotopic (exact) mass is 251 g/mol. The highest BCUT2D eigenvalue weighted by Crippen LogP contribution is 2.31. The number of ether oxygens (including phenoxy) is 2. The second-order valence-corrected chi connectivity index (χ2v) is 4.55. The molecule has 0 spiro atoms. The van der Waals surface area contributed by atoms with Crippen molar-refractivity contribution in [3.8, 4) is 11.5 Å². The quantitative estimate of drug-likeness (QED) is 0.720. The molecule has 3 heteroatoms. The van der Waals surface area contributed by atoms with Crippen LogP contribution in [-0.2, 0) is 0 Å². The lowest BCUT2D eigenvalue weighted by Crippen LogP contribution is -2.17. The third kappa shape index (κ3) is 4.22. The largest absolute Gasteiger partial charge is 0.493 e. The van der Waals surface area contributed by atoms with E-state index < -0.39 is 0 Å². The molecule has 0 bridgehead atoms. The van der Waals surface area contributed by atoms with Crippen molar-refractivity contribution < 1.29 is 9.47 Å². The van der Waals surface area contributed by atoms with Gasteiger partial charge in [-0.15, -0.1) is 0 Å². The van der Waals surface area contributed by atoms with Crippen LogP contribution in [0.5, 0.6) is 11.5 Å². The van der Waals surface area contributed by atoms with Crippen LogP contribution in [0.2, 0.25) is 0 Å². The molecule has 1 aromatic carbocycles. The third-order valence-corrected chi connectivity index (χ3v) is 3.16. The number of hydrogen-bond donors (Lipinski definition) is 1. The van der Waals surface area contributed by atoms with Gasteiger partial charge in [-0.1, -0.05) is 19.9 Å². The van der Waals surface area contributed by atoms with Crippen molar-refractivity contribution >= 4 is 0 Å². The second kappa shape index (κ2) is 7.98. The van der Waals surface area contributed by atoms with Crippen molar-refractivity contribution in [2.45, 2.75) is 32.6 Å². The average molecular weight is 251 g/mol. The first kappa shape index (κ1) is 14.8. The minimum absolute atomic E-state index is 0.522. The molecule has 102 valence electrons. The molecular weight excluding hydrogens is 226 g/mol. The number of methoxy groups -OCH3 is 2. The Morgan fingerprint density at radius 3 is 2.44 bits per heavy atom. The summed E-state index contributed by atoms with van der Waals surface area (Å²) in [7, 11) is 3.34. The van der Waals surface area contributed by atoms with Gasteiger partial charge in [-0.2, -0.15) is 0 Å². The zero-order valence-electron chi connectivity index (χ0n) is 12.0. The first-order valence-corrected chi connectivity index (χ1v) is 6.65. The summed E-state index contributed by atoms with van der Waals surface area (Å²) in [5.74, 6) is 2.12. The Kier molecular flexibility index (Phi) is 6.58. The van der Waals surface area contributed by atoms with Gasteiger partial charge < -0.3 is 14.8 Å². The van der Waals surface area contributed by atoms with Gasteiger partial charge in [-0.3, -0.25) is 0 Å². The summed E-state index contributed by atoms with van der Waals surface area (Å²) in [6.07, 6.45) is 2.32. The zero-order chi connectivity index (χ0) is 13.4. The molecule has 0 radical (unpaired) electrons. The fourth-order valence-electron chi connectivity index (χ4n) is 1.95. The van der Waals surface area contributed by atoms with Crippen LogP contribution < -0.4 is 14.8 Å². The van der Waals surface area contributed by atoms with E-state index in [9.17, 15) is 0 Å². The lowest BCUT2D eigenvalue weighted by atomic mass is 9.97. The number of rotatable bonds is 8. The van der Waals surface area contributed by atoms with Gasteiger partial charge >= 0.3 is 0 Å². The average Bonchev–Trinajstić information content (AvgIpc) is 2.42. The van der Waals surface area contributed by atoms with Crippen molar-refractivity contribution in [2.75, 3.05) is 27.3 Å². The van der Waals surface area contributed by atoms with Crippen molar-refractivity contribution in [1.82, 2.24) is 5.32 Å². The maximum absolute atomic E-state index is 5.33. The van der Waals surface area contributed by atoms with E-state index in [0.717, 1.165) is 31.0 Å². The van der Waals surface area contributed by atoms with Crippen LogP contribution in [0.1, 0.15) is 38.2 Å². The Bertz CT molecular complexity index is 352. The number of benzene rings is 1. The summed E-state index contributed by atoms with van der Waals surface area (Å²) in [5, 5.41) is 3.43. The van der Waals surface area contributed by atoms with Gasteiger partial charge in [0.2, 0.25) is 0 Å². The van der Waals surface area contributed by atoms with E-state index in [-0.39, 0.29) is 0 Å². The van der Waals surface area contributed by atoms with Crippen LogP contribution in [0, 0.1) is 0 Å². The predicted octanol–water partition coefficient (Wildman–Crippen LogP) is 3.20. The molecule has 0 amide bonds. The molecule has 3 nitrogen and oxygen atoms in total. The van der Waals surface area contributed by atoms with E-state index in [1.165, 1.54) is 12.0 Å². The van der Waals surface area contributed by atoms with E-state index in [0.29, 0.717) is 5.92 Å². The first-order chi connectivity index (χ1) is 8.72. The van der Waals surface area contributed by atoms with Crippen LogP contribution in [0.15, 0.2) is 18.2 Å². The van der Waals surface area contributed by atoms with Crippen LogP contribution >= 0.6 is 0 Å². The Morgan fingerprint density at radius 2 is 1.83 bits per heavy atom.